The van der Waals surface area contributed by atoms with Gasteiger partial charge in [-0.1, -0.05) is 41.8 Å². The molecular weight excluding hydrogens is 316 g/mol. The van der Waals surface area contributed by atoms with Crippen molar-refractivity contribution in [3.8, 4) is 0 Å². The average Bonchev–Trinajstić information content (AvgIpc) is 3.05. The van der Waals surface area contributed by atoms with Gasteiger partial charge < -0.3 is 10.4 Å². The predicted molar refractivity (Wildman–Crippen MR) is 86.6 cm³/mol. The van der Waals surface area contributed by atoms with Gasteiger partial charge in [-0.25, -0.2) is 9.48 Å². The van der Waals surface area contributed by atoms with E-state index in [4.69, 9.17) is 16.7 Å². The Bertz CT molecular complexity index is 671. The molecule has 0 bridgehead atoms. The van der Waals surface area contributed by atoms with Crippen molar-refractivity contribution in [2.45, 2.75) is 44.3 Å². The van der Waals surface area contributed by atoms with E-state index in [1.54, 1.807) is 4.68 Å². The first-order valence-electron chi connectivity index (χ1n) is 7.76. The van der Waals surface area contributed by atoms with Crippen LogP contribution in [0.1, 0.15) is 47.8 Å². The van der Waals surface area contributed by atoms with Crippen LogP contribution in [0.3, 0.4) is 0 Å². The molecule has 6 nitrogen and oxygen atoms in total. The number of hydrogen-bond acceptors (Lipinski definition) is 4. The number of carbonyl (C=O) groups is 1. The number of halogens is 1. The zero-order chi connectivity index (χ0) is 16.2. The lowest BCUT2D eigenvalue weighted by Gasteiger charge is -2.32. The molecular formula is C16H19ClN4O2. The van der Waals surface area contributed by atoms with Crippen molar-refractivity contribution in [3.63, 3.8) is 0 Å². The summed E-state index contributed by atoms with van der Waals surface area (Å²) in [7, 11) is 0. The first-order valence-corrected chi connectivity index (χ1v) is 8.14. The number of hydrogen-bond donors (Lipinski definition) is 2. The third kappa shape index (κ3) is 3.89. The molecule has 1 fully saturated rings. The summed E-state index contributed by atoms with van der Waals surface area (Å²) in [4.78, 5) is 11.0. The number of nitrogens with zero attached hydrogens (tertiary/aromatic N) is 3. The molecule has 1 aromatic heterocycles. The molecule has 0 amide bonds. The topological polar surface area (TPSA) is 80.0 Å². The molecule has 3 rings (SSSR count). The molecule has 1 aromatic carbocycles. The summed E-state index contributed by atoms with van der Waals surface area (Å²) >= 11 is 5.90. The maximum atomic E-state index is 11.0. The van der Waals surface area contributed by atoms with Gasteiger partial charge in [-0.3, -0.25) is 0 Å². The van der Waals surface area contributed by atoms with Gasteiger partial charge in [0.25, 0.3) is 0 Å². The summed E-state index contributed by atoms with van der Waals surface area (Å²) in [5, 5.41) is 21.0. The van der Waals surface area contributed by atoms with Crippen LogP contribution in [0, 0.1) is 0 Å². The van der Waals surface area contributed by atoms with Crippen LogP contribution in [0.5, 0.6) is 0 Å². The van der Waals surface area contributed by atoms with E-state index in [0.29, 0.717) is 0 Å². The molecule has 2 aromatic rings. The van der Waals surface area contributed by atoms with Crippen molar-refractivity contribution in [2.75, 3.05) is 0 Å². The molecule has 2 atom stereocenters. The Labute approximate surface area is 139 Å². The largest absolute Gasteiger partial charge is 0.476 e. The van der Waals surface area contributed by atoms with Crippen LogP contribution in [0.25, 0.3) is 0 Å². The number of rotatable bonds is 5. The monoisotopic (exact) mass is 334 g/mol. The Hall–Kier alpha value is -1.92. The Morgan fingerprint density at radius 2 is 2.04 bits per heavy atom. The summed E-state index contributed by atoms with van der Waals surface area (Å²) in [6.07, 6.45) is 5.82. The SMILES string of the molecule is O=C(O)c1cn([C@@H]2CCCC[C@@H]2NCc2ccc(Cl)cc2)nn1. The van der Waals surface area contributed by atoms with Gasteiger partial charge in [-0.2, -0.15) is 0 Å². The zero-order valence-corrected chi connectivity index (χ0v) is 13.4. The molecule has 122 valence electrons. The molecule has 1 aliphatic carbocycles. The van der Waals surface area contributed by atoms with Crippen molar-refractivity contribution < 1.29 is 9.90 Å². The Balaban J connectivity index is 1.68. The molecule has 1 aliphatic rings. The van der Waals surface area contributed by atoms with Crippen LogP contribution >= 0.6 is 11.6 Å². The summed E-state index contributed by atoms with van der Waals surface area (Å²) in [6.45, 7) is 0.749. The molecule has 0 spiro atoms. The van der Waals surface area contributed by atoms with Crippen LogP contribution < -0.4 is 5.32 Å². The number of aromatic nitrogens is 3. The van der Waals surface area contributed by atoms with E-state index in [0.717, 1.165) is 37.3 Å². The minimum absolute atomic E-state index is 0.00738. The number of nitrogens with one attached hydrogen (secondary N) is 1. The van der Waals surface area contributed by atoms with Gasteiger partial charge >= 0.3 is 5.97 Å². The summed E-state index contributed by atoms with van der Waals surface area (Å²) < 4.78 is 1.70. The highest BCUT2D eigenvalue weighted by atomic mass is 35.5. The molecule has 0 saturated heterocycles. The average molecular weight is 335 g/mol. The smallest absolute Gasteiger partial charge is 0.358 e. The van der Waals surface area contributed by atoms with E-state index < -0.39 is 5.97 Å². The molecule has 0 aliphatic heterocycles. The molecule has 7 heteroatoms. The summed E-state index contributed by atoms with van der Waals surface area (Å²) in [5.74, 6) is -1.04. The Morgan fingerprint density at radius 1 is 1.30 bits per heavy atom. The van der Waals surface area contributed by atoms with E-state index in [-0.39, 0.29) is 17.8 Å². The van der Waals surface area contributed by atoms with Crippen LogP contribution in [-0.4, -0.2) is 32.1 Å². The van der Waals surface area contributed by atoms with Gasteiger partial charge in [0.15, 0.2) is 5.69 Å². The molecule has 23 heavy (non-hydrogen) atoms. The lowest BCUT2D eigenvalue weighted by molar-refractivity contribution is 0.0690. The molecule has 1 heterocycles. The minimum atomic E-state index is -1.04. The maximum Gasteiger partial charge on any atom is 0.358 e. The highest BCUT2D eigenvalue weighted by molar-refractivity contribution is 6.30. The lowest BCUT2D eigenvalue weighted by Crippen LogP contribution is -2.39. The fraction of sp³-hybridized carbons (Fsp3) is 0.438. The van der Waals surface area contributed by atoms with E-state index in [1.165, 1.54) is 11.8 Å². The quantitative estimate of drug-likeness (QED) is 0.878. The highest BCUT2D eigenvalue weighted by Crippen LogP contribution is 2.28. The summed E-state index contributed by atoms with van der Waals surface area (Å²) in [5.41, 5.74) is 1.16. The number of carboxylic acid groups (broad SMARTS) is 1. The lowest BCUT2D eigenvalue weighted by atomic mass is 9.90. The predicted octanol–water partition coefficient (Wildman–Crippen LogP) is 2.90. The van der Waals surface area contributed by atoms with Crippen LogP contribution in [-0.2, 0) is 6.54 Å². The van der Waals surface area contributed by atoms with Crippen molar-refractivity contribution in [3.05, 3.63) is 46.7 Å². The third-order valence-corrected chi connectivity index (χ3v) is 4.53. The van der Waals surface area contributed by atoms with Gasteiger partial charge in [0.05, 0.1) is 12.2 Å². The second-order valence-electron chi connectivity index (χ2n) is 5.85. The van der Waals surface area contributed by atoms with Crippen molar-refractivity contribution in [1.82, 2.24) is 20.3 Å². The van der Waals surface area contributed by atoms with Gasteiger partial charge in [0.1, 0.15) is 0 Å². The Morgan fingerprint density at radius 3 is 2.74 bits per heavy atom. The first kappa shape index (κ1) is 16.0. The van der Waals surface area contributed by atoms with E-state index in [1.807, 2.05) is 24.3 Å². The molecule has 2 N–H and O–H groups in total. The van der Waals surface area contributed by atoms with E-state index in [2.05, 4.69) is 15.6 Å². The normalized spacial score (nSPS) is 21.3. The number of benzene rings is 1. The van der Waals surface area contributed by atoms with E-state index in [9.17, 15) is 4.79 Å². The third-order valence-electron chi connectivity index (χ3n) is 4.28. The van der Waals surface area contributed by atoms with Gasteiger partial charge in [-0.15, -0.1) is 5.10 Å². The Kier molecular flexibility index (Phi) is 4.93. The van der Waals surface area contributed by atoms with Crippen LogP contribution in [0.4, 0.5) is 0 Å². The fourth-order valence-corrected chi connectivity index (χ4v) is 3.18. The first-order chi connectivity index (χ1) is 11.1. The molecule has 0 unspecified atom stereocenters. The van der Waals surface area contributed by atoms with Crippen molar-refractivity contribution >= 4 is 17.6 Å². The molecule has 1 saturated carbocycles. The van der Waals surface area contributed by atoms with E-state index >= 15 is 0 Å². The van der Waals surface area contributed by atoms with Crippen molar-refractivity contribution in [2.24, 2.45) is 0 Å². The number of aromatic carboxylic acids is 1. The van der Waals surface area contributed by atoms with Gasteiger partial charge in [0, 0.05) is 17.6 Å². The summed E-state index contributed by atoms with van der Waals surface area (Å²) in [6, 6.07) is 8.16. The van der Waals surface area contributed by atoms with Gasteiger partial charge in [0.2, 0.25) is 0 Å². The van der Waals surface area contributed by atoms with Crippen LogP contribution in [0.15, 0.2) is 30.5 Å². The highest BCUT2D eigenvalue weighted by Gasteiger charge is 2.27. The second kappa shape index (κ2) is 7.10. The number of carboxylic acids is 1. The maximum absolute atomic E-state index is 11.0. The van der Waals surface area contributed by atoms with Crippen molar-refractivity contribution in [1.29, 1.82) is 0 Å². The molecule has 0 radical (unpaired) electrons. The fourth-order valence-electron chi connectivity index (χ4n) is 3.05. The zero-order valence-electron chi connectivity index (χ0n) is 12.7. The van der Waals surface area contributed by atoms with Crippen LogP contribution in [0.2, 0.25) is 5.02 Å². The second-order valence-corrected chi connectivity index (χ2v) is 6.29. The van der Waals surface area contributed by atoms with Gasteiger partial charge in [-0.05, 0) is 30.5 Å². The standard InChI is InChI=1S/C16H19ClN4O2/c17-12-7-5-11(6-8-12)9-18-13-3-1-2-4-15(13)21-10-14(16(22)23)19-20-21/h5-8,10,13,15,18H,1-4,9H2,(H,22,23)/t13-,15+/m0/s1. The minimum Gasteiger partial charge on any atom is -0.476 e.